The average Bonchev–Trinajstić information content (AvgIpc) is 3.08. The fourth-order valence-corrected chi connectivity index (χ4v) is 5.94. The van der Waals surface area contributed by atoms with Crippen molar-refractivity contribution in [2.24, 2.45) is 0 Å². The van der Waals surface area contributed by atoms with Gasteiger partial charge in [0, 0.05) is 37.9 Å². The quantitative estimate of drug-likeness (QED) is 0.586. The Morgan fingerprint density at radius 3 is 2.23 bits per heavy atom. The lowest BCUT2D eigenvalue weighted by atomic mass is 10.1. The van der Waals surface area contributed by atoms with Crippen molar-refractivity contribution < 1.29 is 17.9 Å². The van der Waals surface area contributed by atoms with Crippen LogP contribution in [-0.4, -0.2) is 57.5 Å². The van der Waals surface area contributed by atoms with Crippen LogP contribution in [0.3, 0.4) is 0 Å². The Morgan fingerprint density at radius 2 is 1.74 bits per heavy atom. The predicted octanol–water partition coefficient (Wildman–Crippen LogP) is 4.29. The summed E-state index contributed by atoms with van der Waals surface area (Å²) in [6.07, 6.45) is 0.405. The largest absolute Gasteiger partial charge is 0.491 e. The molecule has 0 radical (unpaired) electrons. The van der Waals surface area contributed by atoms with Gasteiger partial charge < -0.3 is 14.5 Å². The van der Waals surface area contributed by atoms with Crippen LogP contribution in [0.4, 0.5) is 5.69 Å². The number of hydrogen-bond donors (Lipinski definition) is 0. The summed E-state index contributed by atoms with van der Waals surface area (Å²) >= 11 is 12.6. The van der Waals surface area contributed by atoms with Crippen molar-refractivity contribution in [1.82, 2.24) is 4.90 Å². The van der Waals surface area contributed by atoms with Crippen LogP contribution >= 0.6 is 23.2 Å². The lowest BCUT2D eigenvalue weighted by Crippen LogP contribution is -2.40. The average molecular weight is 485 g/mol. The summed E-state index contributed by atoms with van der Waals surface area (Å²) < 4.78 is 29.6. The lowest BCUT2D eigenvalue weighted by Gasteiger charge is -2.29. The predicted molar refractivity (Wildman–Crippen MR) is 125 cm³/mol. The molecule has 1 amide bonds. The minimum Gasteiger partial charge on any atom is -0.491 e. The molecule has 2 aromatic rings. The van der Waals surface area contributed by atoms with Gasteiger partial charge in [0.05, 0.1) is 28.2 Å². The normalized spacial score (nSPS) is 17.4. The molecule has 1 aliphatic rings. The molecule has 2 aromatic carbocycles. The Labute approximate surface area is 193 Å². The highest BCUT2D eigenvalue weighted by molar-refractivity contribution is 7.91. The number of carbonyl (C=O) groups is 1. The summed E-state index contributed by atoms with van der Waals surface area (Å²) in [5.74, 6) is 0.0426. The van der Waals surface area contributed by atoms with Gasteiger partial charge in [-0.1, -0.05) is 35.3 Å². The number of hydrogen-bond acceptors (Lipinski definition) is 5. The second-order valence-electron chi connectivity index (χ2n) is 7.75. The number of nitrogens with zero attached hydrogens (tertiary/aromatic N) is 2. The highest BCUT2D eigenvalue weighted by atomic mass is 35.5. The molecule has 0 unspecified atom stereocenters. The topological polar surface area (TPSA) is 66.9 Å². The van der Waals surface area contributed by atoms with E-state index in [1.807, 2.05) is 50.2 Å². The van der Waals surface area contributed by atoms with E-state index < -0.39 is 15.9 Å². The van der Waals surface area contributed by atoms with Gasteiger partial charge in [0.2, 0.25) is 0 Å². The first kappa shape index (κ1) is 23.7. The minimum absolute atomic E-state index is 0.0486. The zero-order valence-corrected chi connectivity index (χ0v) is 20.1. The zero-order chi connectivity index (χ0) is 22.8. The third kappa shape index (κ3) is 5.64. The van der Waals surface area contributed by atoms with Gasteiger partial charge >= 0.3 is 0 Å². The molecule has 0 aromatic heterocycles. The van der Waals surface area contributed by atoms with Crippen LogP contribution in [-0.2, 0) is 16.4 Å². The molecule has 1 heterocycles. The van der Waals surface area contributed by atoms with Crippen molar-refractivity contribution in [2.75, 3.05) is 37.1 Å². The van der Waals surface area contributed by atoms with E-state index in [1.165, 1.54) is 12.1 Å². The van der Waals surface area contributed by atoms with Gasteiger partial charge in [0.1, 0.15) is 0 Å². The smallest absolute Gasteiger partial charge is 0.254 e. The van der Waals surface area contributed by atoms with Gasteiger partial charge in [-0.15, -0.1) is 0 Å². The maximum atomic E-state index is 13.5. The van der Waals surface area contributed by atoms with Gasteiger partial charge in [-0.25, -0.2) is 8.42 Å². The van der Waals surface area contributed by atoms with Gasteiger partial charge in [-0.2, -0.15) is 0 Å². The number of carbonyl (C=O) groups excluding carboxylic acids is 1. The van der Waals surface area contributed by atoms with E-state index in [-0.39, 0.29) is 34.0 Å². The summed E-state index contributed by atoms with van der Waals surface area (Å²) in [5.41, 5.74) is 2.24. The fourth-order valence-electron chi connectivity index (χ4n) is 3.62. The van der Waals surface area contributed by atoms with Crippen LogP contribution in [0.2, 0.25) is 10.0 Å². The first-order chi connectivity index (χ1) is 14.6. The molecule has 31 heavy (non-hydrogen) atoms. The lowest BCUT2D eigenvalue weighted by molar-refractivity contribution is 0.0681. The van der Waals surface area contributed by atoms with Crippen LogP contribution < -0.4 is 9.64 Å². The molecular formula is C22H26Cl2N2O4S. The summed E-state index contributed by atoms with van der Waals surface area (Å²) in [5, 5.41) is 0.485. The standard InChI is InChI=1S/C22H26Cl2N2O4S/c1-4-30-21-19(23)11-16(12-20(21)24)22(27)26(18-9-10-31(28,29)14-18)13-15-5-7-17(8-6-15)25(2)3/h5-8,11-12,18H,4,9-10,13-14H2,1-3H3/t18-/m1/s1. The van der Waals surface area contributed by atoms with E-state index in [2.05, 4.69) is 0 Å². The first-order valence-electron chi connectivity index (χ1n) is 10.0. The van der Waals surface area contributed by atoms with E-state index in [0.29, 0.717) is 24.3 Å². The minimum atomic E-state index is -3.17. The Hall–Kier alpha value is -1.96. The Balaban J connectivity index is 1.93. The van der Waals surface area contributed by atoms with Crippen LogP contribution in [0.15, 0.2) is 36.4 Å². The van der Waals surface area contributed by atoms with Crippen molar-refractivity contribution in [2.45, 2.75) is 25.9 Å². The van der Waals surface area contributed by atoms with E-state index >= 15 is 0 Å². The second kappa shape index (κ2) is 9.67. The Morgan fingerprint density at radius 1 is 1.13 bits per heavy atom. The summed E-state index contributed by atoms with van der Waals surface area (Å²) in [6, 6.07) is 10.4. The van der Waals surface area contributed by atoms with Gasteiger partial charge in [-0.3, -0.25) is 4.79 Å². The van der Waals surface area contributed by atoms with Gasteiger partial charge in [0.25, 0.3) is 5.91 Å². The summed E-state index contributed by atoms with van der Waals surface area (Å²) in [6.45, 7) is 2.49. The molecule has 1 saturated heterocycles. The molecule has 6 nitrogen and oxygen atoms in total. The maximum Gasteiger partial charge on any atom is 0.254 e. The van der Waals surface area contributed by atoms with E-state index in [9.17, 15) is 13.2 Å². The third-order valence-electron chi connectivity index (χ3n) is 5.25. The molecule has 1 atom stereocenters. The summed E-state index contributed by atoms with van der Waals surface area (Å²) in [7, 11) is 0.735. The third-order valence-corrected chi connectivity index (χ3v) is 7.56. The summed E-state index contributed by atoms with van der Waals surface area (Å²) in [4.78, 5) is 17.1. The first-order valence-corrected chi connectivity index (χ1v) is 12.6. The molecule has 0 aliphatic carbocycles. The highest BCUT2D eigenvalue weighted by Crippen LogP contribution is 2.35. The van der Waals surface area contributed by atoms with Crippen molar-refractivity contribution >= 4 is 44.6 Å². The van der Waals surface area contributed by atoms with Crippen LogP contribution in [0.5, 0.6) is 5.75 Å². The fraction of sp³-hybridized carbons (Fsp3) is 0.409. The molecule has 9 heteroatoms. The SMILES string of the molecule is CCOc1c(Cl)cc(C(=O)N(Cc2ccc(N(C)C)cc2)[C@@H]2CCS(=O)(=O)C2)cc1Cl. The van der Waals surface area contributed by atoms with Crippen molar-refractivity contribution in [3.63, 3.8) is 0 Å². The van der Waals surface area contributed by atoms with Crippen LogP contribution in [0.25, 0.3) is 0 Å². The van der Waals surface area contributed by atoms with E-state index in [1.54, 1.807) is 4.90 Å². The van der Waals surface area contributed by atoms with Gasteiger partial charge in [-0.05, 0) is 43.2 Å². The molecule has 168 valence electrons. The van der Waals surface area contributed by atoms with Crippen molar-refractivity contribution in [1.29, 1.82) is 0 Å². The van der Waals surface area contributed by atoms with Crippen LogP contribution in [0.1, 0.15) is 29.3 Å². The zero-order valence-electron chi connectivity index (χ0n) is 17.8. The number of anilines is 1. The van der Waals surface area contributed by atoms with Crippen LogP contribution in [0, 0.1) is 0 Å². The molecule has 0 bridgehead atoms. The Kier molecular flexibility index (Phi) is 7.39. The highest BCUT2D eigenvalue weighted by Gasteiger charge is 2.35. The molecule has 1 fully saturated rings. The van der Waals surface area contributed by atoms with Gasteiger partial charge in [0.15, 0.2) is 15.6 Å². The maximum absolute atomic E-state index is 13.5. The molecule has 0 spiro atoms. The number of ether oxygens (including phenoxy) is 1. The number of amides is 1. The monoisotopic (exact) mass is 484 g/mol. The van der Waals surface area contributed by atoms with Crippen molar-refractivity contribution in [3.8, 4) is 5.75 Å². The second-order valence-corrected chi connectivity index (χ2v) is 10.8. The van der Waals surface area contributed by atoms with E-state index in [0.717, 1.165) is 11.3 Å². The Bertz CT molecular complexity index is 1030. The van der Waals surface area contributed by atoms with E-state index in [4.69, 9.17) is 27.9 Å². The number of rotatable bonds is 7. The molecular weight excluding hydrogens is 459 g/mol. The molecule has 0 saturated carbocycles. The number of sulfone groups is 1. The molecule has 1 aliphatic heterocycles. The number of benzene rings is 2. The number of halogens is 2. The van der Waals surface area contributed by atoms with Crippen molar-refractivity contribution in [3.05, 3.63) is 57.6 Å². The molecule has 0 N–H and O–H groups in total. The molecule has 3 rings (SSSR count).